The molecule has 1 aliphatic carbocycles. The Hall–Kier alpha value is -0.176. The minimum absolute atomic E-state index is 0. The number of allylic oxidation sites excluding steroid dienone is 4. The number of benzene rings is 1. The fourth-order valence-electron chi connectivity index (χ4n) is 2.56. The van der Waals surface area contributed by atoms with Gasteiger partial charge in [-0.25, -0.2) is 0 Å². The molecule has 0 aromatic heterocycles. The van der Waals surface area contributed by atoms with E-state index in [4.69, 9.17) is 5.73 Å². The molecule has 2 rings (SSSR count). The van der Waals surface area contributed by atoms with Gasteiger partial charge < -0.3 is 5.73 Å². The Morgan fingerprint density at radius 3 is 1.72 bits per heavy atom. The maximum Gasteiger partial charge on any atom is 2.00 e. The molecule has 1 aromatic rings. The first-order valence-electron chi connectivity index (χ1n) is 8.03. The molecule has 0 saturated carbocycles. The molecule has 0 unspecified atom stereocenters. The van der Waals surface area contributed by atoms with Crippen LogP contribution in [0.1, 0.15) is 72.9 Å². The summed E-state index contributed by atoms with van der Waals surface area (Å²) in [4.78, 5) is 0. The summed E-state index contributed by atoms with van der Waals surface area (Å²) < 4.78 is 0. The van der Waals surface area contributed by atoms with Gasteiger partial charge in [0, 0.05) is 0 Å². The maximum absolute atomic E-state index is 6.94. The van der Waals surface area contributed by atoms with Crippen LogP contribution in [-0.2, 0) is 21.7 Å². The summed E-state index contributed by atoms with van der Waals surface area (Å²) in [6.07, 6.45) is 1.11. The number of nitrogens with one attached hydrogen (secondary N) is 1. The Kier molecular flexibility index (Phi) is 14.5. The van der Waals surface area contributed by atoms with Crippen molar-refractivity contribution in [2.75, 3.05) is 0 Å². The van der Waals surface area contributed by atoms with Crippen LogP contribution in [0, 0.1) is 5.92 Å². The second-order valence-electron chi connectivity index (χ2n) is 7.48. The van der Waals surface area contributed by atoms with E-state index in [9.17, 15) is 0 Å². The fraction of sp³-hybridized carbons (Fsp3) is 0.476. The van der Waals surface area contributed by atoms with Crippen LogP contribution in [0.15, 0.2) is 41.0 Å². The van der Waals surface area contributed by atoms with Crippen molar-refractivity contribution in [3.8, 4) is 0 Å². The van der Waals surface area contributed by atoms with Gasteiger partial charge in [0.05, 0.1) is 0 Å². The predicted octanol–water partition coefficient (Wildman–Crippen LogP) is 7.84. The number of halogens is 2. The van der Waals surface area contributed by atoms with Crippen LogP contribution in [-0.4, -0.2) is 5.54 Å². The molecule has 0 heterocycles. The van der Waals surface area contributed by atoms with Gasteiger partial charge >= 0.3 is 21.7 Å². The van der Waals surface area contributed by atoms with Gasteiger partial charge in [0.25, 0.3) is 0 Å². The molecule has 4 heteroatoms. The van der Waals surface area contributed by atoms with Crippen molar-refractivity contribution in [2.24, 2.45) is 0 Å². The quantitative estimate of drug-likeness (QED) is 0.345. The Morgan fingerprint density at radius 1 is 0.920 bits per heavy atom. The van der Waals surface area contributed by atoms with E-state index in [1.165, 1.54) is 39.3 Å². The van der Waals surface area contributed by atoms with Crippen LogP contribution in [0.4, 0.5) is 0 Å². The van der Waals surface area contributed by atoms with E-state index in [1.807, 2.05) is 20.8 Å². The topological polar surface area (TPSA) is 23.8 Å². The zero-order valence-corrected chi connectivity index (χ0v) is 20.0. The van der Waals surface area contributed by atoms with E-state index in [0.717, 1.165) is 6.42 Å². The third-order valence-corrected chi connectivity index (χ3v) is 3.89. The van der Waals surface area contributed by atoms with Gasteiger partial charge in [-0.1, -0.05) is 57.4 Å². The summed E-state index contributed by atoms with van der Waals surface area (Å²) in [7, 11) is 0. The molecule has 25 heavy (non-hydrogen) atoms. The smallest absolute Gasteiger partial charge is 0.673 e. The molecule has 0 bridgehead atoms. The van der Waals surface area contributed by atoms with Gasteiger partial charge in [0.2, 0.25) is 0 Å². The average Bonchev–Trinajstić information content (AvgIpc) is 2.64. The summed E-state index contributed by atoms with van der Waals surface area (Å²) in [6.45, 7) is 16.7. The molecule has 0 atom stereocenters. The van der Waals surface area contributed by atoms with Crippen molar-refractivity contribution in [2.45, 2.75) is 67.3 Å². The van der Waals surface area contributed by atoms with E-state index < -0.39 is 0 Å². The van der Waals surface area contributed by atoms with Crippen molar-refractivity contribution >= 4 is 30.4 Å². The van der Waals surface area contributed by atoms with Crippen LogP contribution in [0.25, 0.3) is 11.3 Å². The molecule has 140 valence electrons. The van der Waals surface area contributed by atoms with Gasteiger partial charge in [0.15, 0.2) is 0 Å². The predicted molar refractivity (Wildman–Crippen MR) is 114 cm³/mol. The molecule has 1 aromatic carbocycles. The van der Waals surface area contributed by atoms with Crippen molar-refractivity contribution < 1.29 is 21.7 Å². The van der Waals surface area contributed by atoms with Crippen LogP contribution < -0.4 is 0 Å². The van der Waals surface area contributed by atoms with E-state index in [2.05, 4.69) is 58.9 Å². The van der Waals surface area contributed by atoms with Crippen LogP contribution in [0.3, 0.4) is 0 Å². The molecule has 0 saturated heterocycles. The van der Waals surface area contributed by atoms with Crippen LogP contribution in [0.2, 0.25) is 0 Å². The molecule has 0 amide bonds. The molecule has 1 N–H and O–H groups in total. The van der Waals surface area contributed by atoms with Crippen molar-refractivity contribution in [1.82, 2.24) is 0 Å². The number of hydrogen-bond acceptors (Lipinski definition) is 0. The minimum atomic E-state index is -0.250. The third-order valence-electron chi connectivity index (χ3n) is 3.89. The zero-order valence-electron chi connectivity index (χ0n) is 16.8. The Balaban J connectivity index is -0.000000539. The molecule has 1 aliphatic rings. The van der Waals surface area contributed by atoms with Gasteiger partial charge in [-0.2, -0.15) is 17.5 Å². The first-order chi connectivity index (χ1) is 10.0. The Labute approximate surface area is 182 Å². The molecule has 0 aliphatic heterocycles. The number of rotatable bonds is 2. The van der Waals surface area contributed by atoms with E-state index in [0.29, 0.717) is 0 Å². The summed E-state index contributed by atoms with van der Waals surface area (Å²) in [5.41, 5.74) is 15.5. The standard InChI is InChI=1S/C17H21.C4H10N.2ClH.Ti/c1-11(2)15-8-6-7-9-16(15)17-10-12(3)13(4)14(17)5;1-4(2,3)5;;;/h6-9H,10H2,1-5H3;5H,1-3H3;2*1H;/q2*-1;;;+2. The largest absolute Gasteiger partial charge is 2.00 e. The van der Waals surface area contributed by atoms with E-state index >= 15 is 0 Å². The van der Waals surface area contributed by atoms with Crippen LogP contribution >= 0.6 is 24.8 Å². The Bertz CT molecular complexity index is 590. The first-order valence-corrected chi connectivity index (χ1v) is 8.03. The third kappa shape index (κ3) is 9.36. The van der Waals surface area contributed by atoms with Gasteiger partial charge in [-0.3, -0.25) is 0 Å². The molecule has 1 nitrogen and oxygen atoms in total. The minimum Gasteiger partial charge on any atom is -0.673 e. The van der Waals surface area contributed by atoms with Crippen molar-refractivity contribution in [3.05, 3.63) is 63.8 Å². The summed E-state index contributed by atoms with van der Waals surface area (Å²) in [5.74, 6) is 1.39. The fourth-order valence-corrected chi connectivity index (χ4v) is 2.56. The molecular weight excluding hydrogens is 385 g/mol. The second-order valence-corrected chi connectivity index (χ2v) is 7.48. The average molecular weight is 418 g/mol. The first kappa shape index (κ1) is 29.6. The molecule has 0 radical (unpaired) electrons. The summed E-state index contributed by atoms with van der Waals surface area (Å²) in [5, 5.41) is 0. The SMILES string of the molecule is CC(C)(C)[NH-].CC1=C(C)C(C)=C(c2ccccc2[C-](C)C)C1.Cl.Cl.[Ti+2]. The summed E-state index contributed by atoms with van der Waals surface area (Å²) >= 11 is 0. The van der Waals surface area contributed by atoms with Gasteiger partial charge in [-0.05, 0) is 32.8 Å². The monoisotopic (exact) mass is 417 g/mol. The second kappa shape index (κ2) is 12.3. The van der Waals surface area contributed by atoms with Crippen molar-refractivity contribution in [1.29, 1.82) is 0 Å². The maximum atomic E-state index is 6.94. The molecular formula is C21H33Cl2NTi. The van der Waals surface area contributed by atoms with Crippen LogP contribution in [0.5, 0.6) is 0 Å². The number of hydrogen-bond donors (Lipinski definition) is 0. The normalized spacial score (nSPS) is 13.2. The van der Waals surface area contributed by atoms with E-state index in [1.54, 1.807) is 0 Å². The molecule has 0 fully saturated rings. The molecule has 0 spiro atoms. The van der Waals surface area contributed by atoms with E-state index in [-0.39, 0.29) is 52.1 Å². The van der Waals surface area contributed by atoms with Gasteiger partial charge in [-0.15, -0.1) is 48.0 Å². The Morgan fingerprint density at radius 2 is 1.36 bits per heavy atom. The van der Waals surface area contributed by atoms with Gasteiger partial charge in [0.1, 0.15) is 0 Å². The summed E-state index contributed by atoms with van der Waals surface area (Å²) in [6, 6.07) is 8.76. The van der Waals surface area contributed by atoms with Crippen molar-refractivity contribution in [3.63, 3.8) is 0 Å². The zero-order chi connectivity index (χ0) is 17.1.